The van der Waals surface area contributed by atoms with Crippen LogP contribution < -0.4 is 5.32 Å². The fraction of sp³-hybridized carbons (Fsp3) is 0.0909. The Labute approximate surface area is 91.5 Å². The van der Waals surface area contributed by atoms with Crippen molar-refractivity contribution in [2.45, 2.75) is 6.54 Å². The van der Waals surface area contributed by atoms with E-state index in [0.29, 0.717) is 12.1 Å². The van der Waals surface area contributed by atoms with Crippen molar-refractivity contribution in [2.24, 2.45) is 0 Å². The summed E-state index contributed by atoms with van der Waals surface area (Å²) in [6, 6.07) is 5.56. The van der Waals surface area contributed by atoms with Crippen LogP contribution in [0.4, 0.5) is 4.39 Å². The highest BCUT2D eigenvalue weighted by Gasteiger charge is 2.05. The number of carbonyl (C=O) groups is 1. The highest BCUT2D eigenvalue weighted by molar-refractivity contribution is 5.94. The van der Waals surface area contributed by atoms with E-state index in [1.165, 1.54) is 24.5 Å². The van der Waals surface area contributed by atoms with Crippen molar-refractivity contribution in [3.8, 4) is 0 Å². The number of imidazole rings is 1. The number of rotatable bonds is 3. The molecular formula is C11H10FN3O. The van der Waals surface area contributed by atoms with Crippen LogP contribution in [0, 0.1) is 5.82 Å². The lowest BCUT2D eigenvalue weighted by Crippen LogP contribution is -2.22. The molecule has 16 heavy (non-hydrogen) atoms. The van der Waals surface area contributed by atoms with Gasteiger partial charge in [0.15, 0.2) is 0 Å². The first kappa shape index (κ1) is 10.4. The minimum atomic E-state index is -0.422. The third kappa shape index (κ3) is 2.44. The van der Waals surface area contributed by atoms with Gasteiger partial charge in [0.25, 0.3) is 5.91 Å². The molecule has 0 saturated carbocycles. The number of carbonyl (C=O) groups excluding carboxylic acids is 1. The van der Waals surface area contributed by atoms with E-state index in [0.717, 1.165) is 5.69 Å². The molecule has 1 heterocycles. The van der Waals surface area contributed by atoms with E-state index in [2.05, 4.69) is 15.3 Å². The Kier molecular flexibility index (Phi) is 2.95. The third-order valence-electron chi connectivity index (χ3n) is 2.08. The summed E-state index contributed by atoms with van der Waals surface area (Å²) >= 11 is 0. The molecule has 0 fully saturated rings. The molecule has 1 aromatic heterocycles. The number of hydrogen-bond acceptors (Lipinski definition) is 2. The van der Waals surface area contributed by atoms with E-state index >= 15 is 0 Å². The van der Waals surface area contributed by atoms with Crippen LogP contribution in [-0.4, -0.2) is 15.9 Å². The molecule has 2 aromatic rings. The molecule has 0 aliphatic carbocycles. The average Bonchev–Trinajstić information content (AvgIpc) is 2.78. The molecule has 0 bridgehead atoms. The highest BCUT2D eigenvalue weighted by atomic mass is 19.1. The van der Waals surface area contributed by atoms with Gasteiger partial charge in [-0.2, -0.15) is 0 Å². The van der Waals surface area contributed by atoms with E-state index in [-0.39, 0.29) is 5.91 Å². The molecule has 2 rings (SSSR count). The number of halogens is 1. The fourth-order valence-electron chi connectivity index (χ4n) is 1.29. The van der Waals surface area contributed by atoms with Crippen LogP contribution in [0.5, 0.6) is 0 Å². The van der Waals surface area contributed by atoms with Crippen molar-refractivity contribution in [3.05, 3.63) is 53.9 Å². The Hall–Kier alpha value is -2.17. The summed E-state index contributed by atoms with van der Waals surface area (Å²) in [4.78, 5) is 18.3. The summed E-state index contributed by atoms with van der Waals surface area (Å²) in [5, 5.41) is 2.65. The van der Waals surface area contributed by atoms with Gasteiger partial charge in [-0.15, -0.1) is 0 Å². The Morgan fingerprint density at radius 1 is 1.50 bits per heavy atom. The fourth-order valence-corrected chi connectivity index (χ4v) is 1.29. The average molecular weight is 219 g/mol. The van der Waals surface area contributed by atoms with Crippen molar-refractivity contribution in [1.82, 2.24) is 15.3 Å². The number of benzene rings is 1. The van der Waals surface area contributed by atoms with Gasteiger partial charge in [0.1, 0.15) is 5.82 Å². The minimum Gasteiger partial charge on any atom is -0.347 e. The quantitative estimate of drug-likeness (QED) is 0.821. The molecule has 5 heteroatoms. The summed E-state index contributed by atoms with van der Waals surface area (Å²) in [6.07, 6.45) is 3.15. The second kappa shape index (κ2) is 4.57. The van der Waals surface area contributed by atoms with Crippen molar-refractivity contribution >= 4 is 5.91 Å². The standard InChI is InChI=1S/C11H10FN3O/c12-9-3-1-2-8(4-9)11(16)14-6-10-5-13-7-15-10/h1-5,7H,6H2,(H,13,15)(H,14,16). The number of aromatic nitrogens is 2. The van der Waals surface area contributed by atoms with Gasteiger partial charge in [0.05, 0.1) is 18.6 Å². The van der Waals surface area contributed by atoms with Gasteiger partial charge in [0, 0.05) is 11.8 Å². The lowest BCUT2D eigenvalue weighted by atomic mass is 10.2. The maximum absolute atomic E-state index is 12.8. The zero-order valence-electron chi connectivity index (χ0n) is 8.40. The first-order valence-corrected chi connectivity index (χ1v) is 4.77. The molecule has 2 N–H and O–H groups in total. The predicted molar refractivity (Wildman–Crippen MR) is 56.2 cm³/mol. The van der Waals surface area contributed by atoms with Crippen LogP contribution in [0.1, 0.15) is 16.1 Å². The molecule has 1 aromatic carbocycles. The molecule has 0 atom stereocenters. The molecular weight excluding hydrogens is 209 g/mol. The molecule has 0 unspecified atom stereocenters. The van der Waals surface area contributed by atoms with Crippen LogP contribution in [0.2, 0.25) is 0 Å². The molecule has 0 aliphatic rings. The van der Waals surface area contributed by atoms with Gasteiger partial charge < -0.3 is 10.3 Å². The lowest BCUT2D eigenvalue weighted by molar-refractivity contribution is 0.0950. The van der Waals surface area contributed by atoms with E-state index in [4.69, 9.17) is 0 Å². The maximum atomic E-state index is 12.8. The second-order valence-electron chi connectivity index (χ2n) is 3.27. The highest BCUT2D eigenvalue weighted by Crippen LogP contribution is 2.03. The number of H-pyrrole nitrogens is 1. The molecule has 82 valence electrons. The molecule has 0 saturated heterocycles. The summed E-state index contributed by atoms with van der Waals surface area (Å²) < 4.78 is 12.8. The van der Waals surface area contributed by atoms with Crippen molar-refractivity contribution in [1.29, 1.82) is 0 Å². The molecule has 0 aliphatic heterocycles. The first-order chi connectivity index (χ1) is 7.75. The van der Waals surface area contributed by atoms with Crippen LogP contribution in [0.25, 0.3) is 0 Å². The summed E-state index contributed by atoms with van der Waals surface area (Å²) in [6.45, 7) is 0.343. The van der Waals surface area contributed by atoms with Gasteiger partial charge in [-0.25, -0.2) is 9.37 Å². The van der Waals surface area contributed by atoms with Gasteiger partial charge in [0.2, 0.25) is 0 Å². The third-order valence-corrected chi connectivity index (χ3v) is 2.08. The number of aromatic amines is 1. The van der Waals surface area contributed by atoms with Crippen LogP contribution in [-0.2, 0) is 6.54 Å². The van der Waals surface area contributed by atoms with Crippen LogP contribution >= 0.6 is 0 Å². The maximum Gasteiger partial charge on any atom is 0.251 e. The Morgan fingerprint density at radius 3 is 3.06 bits per heavy atom. The Morgan fingerprint density at radius 2 is 2.38 bits per heavy atom. The van der Waals surface area contributed by atoms with E-state index in [1.54, 1.807) is 12.3 Å². The van der Waals surface area contributed by atoms with Gasteiger partial charge in [-0.05, 0) is 18.2 Å². The Balaban J connectivity index is 1.98. The largest absolute Gasteiger partial charge is 0.347 e. The number of amides is 1. The summed E-state index contributed by atoms with van der Waals surface area (Å²) in [5.74, 6) is -0.733. The van der Waals surface area contributed by atoms with E-state index < -0.39 is 5.82 Å². The first-order valence-electron chi connectivity index (χ1n) is 4.77. The summed E-state index contributed by atoms with van der Waals surface area (Å²) in [5.41, 5.74) is 1.10. The summed E-state index contributed by atoms with van der Waals surface area (Å²) in [7, 11) is 0. The van der Waals surface area contributed by atoms with Crippen LogP contribution in [0.3, 0.4) is 0 Å². The lowest BCUT2D eigenvalue weighted by Gasteiger charge is -2.03. The van der Waals surface area contributed by atoms with Crippen molar-refractivity contribution < 1.29 is 9.18 Å². The molecule has 4 nitrogen and oxygen atoms in total. The van der Waals surface area contributed by atoms with Gasteiger partial charge >= 0.3 is 0 Å². The second-order valence-corrected chi connectivity index (χ2v) is 3.27. The van der Waals surface area contributed by atoms with Gasteiger partial charge in [-0.1, -0.05) is 6.07 Å². The van der Waals surface area contributed by atoms with Gasteiger partial charge in [-0.3, -0.25) is 4.79 Å². The topological polar surface area (TPSA) is 57.8 Å². The zero-order chi connectivity index (χ0) is 11.4. The monoisotopic (exact) mass is 219 g/mol. The van der Waals surface area contributed by atoms with Crippen molar-refractivity contribution in [2.75, 3.05) is 0 Å². The van der Waals surface area contributed by atoms with Crippen molar-refractivity contribution in [3.63, 3.8) is 0 Å². The normalized spacial score (nSPS) is 10.1. The SMILES string of the molecule is O=C(NCc1cnc[nH]1)c1cccc(F)c1. The Bertz CT molecular complexity index is 482. The van der Waals surface area contributed by atoms with E-state index in [1.807, 2.05) is 0 Å². The zero-order valence-corrected chi connectivity index (χ0v) is 8.40. The smallest absolute Gasteiger partial charge is 0.251 e. The van der Waals surface area contributed by atoms with Crippen LogP contribution in [0.15, 0.2) is 36.8 Å². The number of nitrogens with zero attached hydrogens (tertiary/aromatic N) is 1. The number of hydrogen-bond donors (Lipinski definition) is 2. The molecule has 0 radical (unpaired) electrons. The predicted octanol–water partition coefficient (Wildman–Crippen LogP) is 1.48. The number of nitrogens with one attached hydrogen (secondary N) is 2. The van der Waals surface area contributed by atoms with E-state index in [9.17, 15) is 9.18 Å². The molecule has 0 spiro atoms. The minimum absolute atomic E-state index is 0.305. The molecule has 1 amide bonds.